The lowest BCUT2D eigenvalue weighted by molar-refractivity contribution is -0.0252. The molecule has 1 aromatic rings. The zero-order valence-corrected chi connectivity index (χ0v) is 12.2. The third kappa shape index (κ3) is 4.28. The van der Waals surface area contributed by atoms with Gasteiger partial charge in [0.05, 0.1) is 6.10 Å². The highest BCUT2D eigenvalue weighted by molar-refractivity contribution is 4.88. The molecule has 5 nitrogen and oxygen atoms in total. The van der Waals surface area contributed by atoms with Gasteiger partial charge in [0.15, 0.2) is 5.82 Å². The summed E-state index contributed by atoms with van der Waals surface area (Å²) in [6.07, 6.45) is 6.13. The van der Waals surface area contributed by atoms with Crippen LogP contribution in [0.15, 0.2) is 4.52 Å². The van der Waals surface area contributed by atoms with Gasteiger partial charge < -0.3 is 14.6 Å². The molecular weight excluding hydrogens is 242 g/mol. The molecule has 0 spiro atoms. The summed E-state index contributed by atoms with van der Waals surface area (Å²) in [6, 6.07) is 0.352. The first-order chi connectivity index (χ1) is 9.19. The Morgan fingerprint density at radius 3 is 2.95 bits per heavy atom. The SMILES string of the molecule is CNC(C)Cc1noc(COC2CCCCC2C)n1. The maximum atomic E-state index is 5.91. The van der Waals surface area contributed by atoms with E-state index in [0.29, 0.717) is 30.6 Å². The van der Waals surface area contributed by atoms with Crippen LogP contribution in [0.25, 0.3) is 0 Å². The summed E-state index contributed by atoms with van der Waals surface area (Å²) in [5.41, 5.74) is 0. The monoisotopic (exact) mass is 267 g/mol. The third-order valence-electron chi connectivity index (χ3n) is 3.95. The average Bonchev–Trinajstić information content (AvgIpc) is 2.85. The second-order valence-corrected chi connectivity index (χ2v) is 5.61. The maximum Gasteiger partial charge on any atom is 0.252 e. The van der Waals surface area contributed by atoms with E-state index in [1.54, 1.807) is 0 Å². The van der Waals surface area contributed by atoms with Gasteiger partial charge in [0.25, 0.3) is 5.89 Å². The van der Waals surface area contributed by atoms with Crippen LogP contribution in [0.1, 0.15) is 51.2 Å². The largest absolute Gasteiger partial charge is 0.368 e. The molecule has 5 heteroatoms. The highest BCUT2D eigenvalue weighted by atomic mass is 16.5. The van der Waals surface area contributed by atoms with E-state index in [9.17, 15) is 0 Å². The molecule has 108 valence electrons. The smallest absolute Gasteiger partial charge is 0.252 e. The number of rotatable bonds is 6. The lowest BCUT2D eigenvalue weighted by atomic mass is 9.88. The summed E-state index contributed by atoms with van der Waals surface area (Å²) in [7, 11) is 1.93. The zero-order chi connectivity index (χ0) is 13.7. The molecule has 0 aromatic carbocycles. The van der Waals surface area contributed by atoms with Crippen molar-refractivity contribution < 1.29 is 9.26 Å². The molecule has 1 aliphatic rings. The van der Waals surface area contributed by atoms with Crippen LogP contribution in [0.3, 0.4) is 0 Å². The van der Waals surface area contributed by atoms with Crippen molar-refractivity contribution in [1.82, 2.24) is 15.5 Å². The quantitative estimate of drug-likeness (QED) is 0.857. The number of hydrogen-bond acceptors (Lipinski definition) is 5. The van der Waals surface area contributed by atoms with Crippen molar-refractivity contribution in [3.63, 3.8) is 0 Å². The normalized spacial score (nSPS) is 25.4. The zero-order valence-electron chi connectivity index (χ0n) is 12.2. The molecule has 3 atom stereocenters. The number of nitrogens with zero attached hydrogens (tertiary/aromatic N) is 2. The molecule has 0 aliphatic heterocycles. The molecule has 0 saturated heterocycles. The molecule has 0 radical (unpaired) electrons. The van der Waals surface area contributed by atoms with Gasteiger partial charge in [-0.2, -0.15) is 4.98 Å². The van der Waals surface area contributed by atoms with Crippen LogP contribution < -0.4 is 5.32 Å². The second kappa shape index (κ2) is 7.01. The van der Waals surface area contributed by atoms with Crippen LogP contribution in [0.4, 0.5) is 0 Å². The maximum absolute atomic E-state index is 5.91. The minimum Gasteiger partial charge on any atom is -0.368 e. The molecule has 1 saturated carbocycles. The average molecular weight is 267 g/mol. The van der Waals surface area contributed by atoms with Gasteiger partial charge in [0.1, 0.15) is 6.61 Å². The first kappa shape index (κ1) is 14.5. The highest BCUT2D eigenvalue weighted by Gasteiger charge is 2.22. The van der Waals surface area contributed by atoms with Gasteiger partial charge in [-0.1, -0.05) is 24.9 Å². The van der Waals surface area contributed by atoms with Crippen LogP contribution in [0.5, 0.6) is 0 Å². The van der Waals surface area contributed by atoms with Crippen molar-refractivity contribution in [2.45, 2.75) is 64.7 Å². The molecule has 1 heterocycles. The summed E-state index contributed by atoms with van der Waals surface area (Å²) in [4.78, 5) is 4.36. The van der Waals surface area contributed by atoms with E-state index in [4.69, 9.17) is 9.26 Å². The summed E-state index contributed by atoms with van der Waals surface area (Å²) in [5, 5.41) is 7.14. The number of likely N-dealkylation sites (N-methyl/N-ethyl adjacent to an activating group) is 1. The Bertz CT molecular complexity index is 381. The molecule has 0 amide bonds. The highest BCUT2D eigenvalue weighted by Crippen LogP contribution is 2.26. The Labute approximate surface area is 115 Å². The Hall–Kier alpha value is -0.940. The molecule has 0 bridgehead atoms. The predicted molar refractivity (Wildman–Crippen MR) is 72.7 cm³/mol. The lowest BCUT2D eigenvalue weighted by Gasteiger charge is -2.28. The predicted octanol–water partition coefficient (Wildman–Crippen LogP) is 2.32. The van der Waals surface area contributed by atoms with E-state index in [0.717, 1.165) is 18.7 Å². The van der Waals surface area contributed by atoms with Gasteiger partial charge in [-0.3, -0.25) is 0 Å². The Balaban J connectivity index is 1.79. The van der Waals surface area contributed by atoms with Crippen molar-refractivity contribution in [2.24, 2.45) is 5.92 Å². The fourth-order valence-electron chi connectivity index (χ4n) is 2.52. The molecule has 19 heavy (non-hydrogen) atoms. The van der Waals surface area contributed by atoms with Gasteiger partial charge in [0.2, 0.25) is 0 Å². The molecule has 1 aliphatic carbocycles. The molecule has 1 N–H and O–H groups in total. The Morgan fingerprint density at radius 2 is 2.21 bits per heavy atom. The molecule has 1 fully saturated rings. The number of nitrogens with one attached hydrogen (secondary N) is 1. The Kier molecular flexibility index (Phi) is 5.34. The fraction of sp³-hybridized carbons (Fsp3) is 0.857. The molecule has 2 rings (SSSR count). The van der Waals surface area contributed by atoms with Crippen molar-refractivity contribution in [3.8, 4) is 0 Å². The van der Waals surface area contributed by atoms with E-state index < -0.39 is 0 Å². The topological polar surface area (TPSA) is 60.2 Å². The number of aromatic nitrogens is 2. The van der Waals surface area contributed by atoms with E-state index in [2.05, 4.69) is 29.3 Å². The van der Waals surface area contributed by atoms with E-state index in [1.807, 2.05) is 7.05 Å². The van der Waals surface area contributed by atoms with Gasteiger partial charge >= 0.3 is 0 Å². The van der Waals surface area contributed by atoms with Crippen molar-refractivity contribution in [3.05, 3.63) is 11.7 Å². The van der Waals surface area contributed by atoms with E-state index >= 15 is 0 Å². The van der Waals surface area contributed by atoms with Crippen molar-refractivity contribution in [2.75, 3.05) is 7.05 Å². The van der Waals surface area contributed by atoms with Crippen LogP contribution in [0, 0.1) is 5.92 Å². The number of ether oxygens (including phenoxy) is 1. The summed E-state index contributed by atoms with van der Waals surface area (Å²) in [5.74, 6) is 1.98. The van der Waals surface area contributed by atoms with E-state index in [1.165, 1.54) is 19.3 Å². The van der Waals surface area contributed by atoms with Crippen LogP contribution in [0.2, 0.25) is 0 Å². The lowest BCUT2D eigenvalue weighted by Crippen LogP contribution is -2.25. The summed E-state index contributed by atoms with van der Waals surface area (Å²) >= 11 is 0. The van der Waals surface area contributed by atoms with Crippen LogP contribution >= 0.6 is 0 Å². The van der Waals surface area contributed by atoms with E-state index in [-0.39, 0.29) is 0 Å². The minimum absolute atomic E-state index is 0.348. The summed E-state index contributed by atoms with van der Waals surface area (Å²) < 4.78 is 11.1. The molecule has 3 unspecified atom stereocenters. The Morgan fingerprint density at radius 1 is 1.42 bits per heavy atom. The van der Waals surface area contributed by atoms with Gasteiger partial charge in [-0.25, -0.2) is 0 Å². The van der Waals surface area contributed by atoms with Gasteiger partial charge in [0, 0.05) is 12.5 Å². The van der Waals surface area contributed by atoms with Crippen molar-refractivity contribution >= 4 is 0 Å². The van der Waals surface area contributed by atoms with Crippen LogP contribution in [-0.4, -0.2) is 29.3 Å². The second-order valence-electron chi connectivity index (χ2n) is 5.61. The fourth-order valence-corrected chi connectivity index (χ4v) is 2.52. The van der Waals surface area contributed by atoms with Gasteiger partial charge in [-0.05, 0) is 32.7 Å². The number of hydrogen-bond donors (Lipinski definition) is 1. The molecule has 1 aromatic heterocycles. The van der Waals surface area contributed by atoms with Crippen LogP contribution in [-0.2, 0) is 17.8 Å². The standard InChI is InChI=1S/C14H25N3O2/c1-10-6-4-5-7-12(10)18-9-14-16-13(17-19-14)8-11(2)15-3/h10-12,15H,4-9H2,1-3H3. The third-order valence-corrected chi connectivity index (χ3v) is 3.95. The molecular formula is C14H25N3O2. The van der Waals surface area contributed by atoms with Gasteiger partial charge in [-0.15, -0.1) is 0 Å². The minimum atomic E-state index is 0.348. The first-order valence-electron chi connectivity index (χ1n) is 7.29. The summed E-state index contributed by atoms with van der Waals surface area (Å²) in [6.45, 7) is 4.80. The first-order valence-corrected chi connectivity index (χ1v) is 7.29. The van der Waals surface area contributed by atoms with Crippen molar-refractivity contribution in [1.29, 1.82) is 0 Å².